The van der Waals surface area contributed by atoms with Crippen LogP contribution >= 0.6 is 0 Å². The van der Waals surface area contributed by atoms with E-state index in [1.807, 2.05) is 4.90 Å². The van der Waals surface area contributed by atoms with Crippen LogP contribution in [0.4, 0.5) is 11.4 Å². The molecule has 0 saturated carbocycles. The number of ketones is 1. The largest absolute Gasteiger partial charge is 0.378 e. The maximum Gasteiger partial charge on any atom is 0.261 e. The fraction of sp³-hybridized carbons (Fsp3) is 0.409. The number of sulfonamides is 2. The minimum absolute atomic E-state index is 0.00726. The molecule has 2 aromatic carbocycles. The third-order valence-electron chi connectivity index (χ3n) is 5.48. The number of benzene rings is 2. The van der Waals surface area contributed by atoms with Gasteiger partial charge in [0, 0.05) is 31.7 Å². The van der Waals surface area contributed by atoms with Gasteiger partial charge in [-0.15, -0.1) is 0 Å². The summed E-state index contributed by atoms with van der Waals surface area (Å²) >= 11 is 0. The summed E-state index contributed by atoms with van der Waals surface area (Å²) in [4.78, 5) is 13.4. The maximum atomic E-state index is 13.1. The lowest BCUT2D eigenvalue weighted by molar-refractivity contribution is 0.101. The first-order valence-corrected chi connectivity index (χ1v) is 13.6. The number of ether oxygens (including phenoxy) is 1. The van der Waals surface area contributed by atoms with E-state index in [0.717, 1.165) is 0 Å². The molecule has 9 nitrogen and oxygen atoms in total. The topological polar surface area (TPSA) is 113 Å². The third-order valence-corrected chi connectivity index (χ3v) is 8.91. The fourth-order valence-corrected chi connectivity index (χ4v) is 6.17. The molecule has 1 N–H and O–H groups in total. The molecule has 1 aliphatic rings. The van der Waals surface area contributed by atoms with Crippen molar-refractivity contribution in [3.63, 3.8) is 0 Å². The number of anilines is 2. The Morgan fingerprint density at radius 2 is 1.55 bits per heavy atom. The molecular formula is C22H29N3O6S2. The summed E-state index contributed by atoms with van der Waals surface area (Å²) in [7, 11) is -7.83. The van der Waals surface area contributed by atoms with Crippen molar-refractivity contribution in [1.82, 2.24) is 4.31 Å². The average molecular weight is 496 g/mol. The highest BCUT2D eigenvalue weighted by Gasteiger charge is 2.26. The molecule has 0 atom stereocenters. The number of hydrogen-bond acceptors (Lipinski definition) is 7. The van der Waals surface area contributed by atoms with Crippen molar-refractivity contribution in [2.75, 3.05) is 49.0 Å². The van der Waals surface area contributed by atoms with Crippen molar-refractivity contribution in [2.24, 2.45) is 0 Å². The summed E-state index contributed by atoms with van der Waals surface area (Å²) in [5.41, 5.74) is 1.14. The number of nitrogens with one attached hydrogen (secondary N) is 1. The molecule has 0 radical (unpaired) electrons. The highest BCUT2D eigenvalue weighted by molar-refractivity contribution is 7.92. The van der Waals surface area contributed by atoms with Gasteiger partial charge in [-0.1, -0.05) is 26.0 Å². The van der Waals surface area contributed by atoms with Crippen LogP contribution in [-0.4, -0.2) is 66.3 Å². The van der Waals surface area contributed by atoms with Crippen molar-refractivity contribution >= 4 is 37.2 Å². The Morgan fingerprint density at radius 1 is 0.970 bits per heavy atom. The number of morpholine rings is 1. The predicted molar refractivity (Wildman–Crippen MR) is 127 cm³/mol. The van der Waals surface area contributed by atoms with Crippen LogP contribution in [0.5, 0.6) is 0 Å². The monoisotopic (exact) mass is 495 g/mol. The number of nitrogens with zero attached hydrogens (tertiary/aromatic N) is 2. The van der Waals surface area contributed by atoms with Gasteiger partial charge in [-0.25, -0.2) is 16.8 Å². The van der Waals surface area contributed by atoms with E-state index in [1.165, 1.54) is 47.6 Å². The van der Waals surface area contributed by atoms with Gasteiger partial charge in [0.25, 0.3) is 10.0 Å². The van der Waals surface area contributed by atoms with E-state index in [-0.39, 0.29) is 21.3 Å². The molecule has 1 heterocycles. The van der Waals surface area contributed by atoms with Crippen LogP contribution in [0.3, 0.4) is 0 Å². The lowest BCUT2D eigenvalue weighted by atomic mass is 10.2. The molecule has 1 aliphatic heterocycles. The molecule has 1 fully saturated rings. The van der Waals surface area contributed by atoms with E-state index < -0.39 is 20.0 Å². The van der Waals surface area contributed by atoms with Crippen molar-refractivity contribution < 1.29 is 26.4 Å². The number of hydrogen-bond donors (Lipinski definition) is 1. The van der Waals surface area contributed by atoms with Gasteiger partial charge >= 0.3 is 0 Å². The fourth-order valence-electron chi connectivity index (χ4n) is 3.62. The quantitative estimate of drug-likeness (QED) is 0.532. The van der Waals surface area contributed by atoms with Gasteiger partial charge in [0.15, 0.2) is 5.78 Å². The second-order valence-corrected chi connectivity index (χ2v) is 11.2. The molecule has 3 rings (SSSR count). The number of rotatable bonds is 9. The Morgan fingerprint density at radius 3 is 2.09 bits per heavy atom. The smallest absolute Gasteiger partial charge is 0.261 e. The van der Waals surface area contributed by atoms with E-state index in [9.17, 15) is 21.6 Å². The summed E-state index contributed by atoms with van der Waals surface area (Å²) in [6.07, 6.45) is 0. The third kappa shape index (κ3) is 5.55. The van der Waals surface area contributed by atoms with E-state index in [2.05, 4.69) is 4.72 Å². The standard InChI is InChI=1S/C22H29N3O6S2/c1-4-25(5-2)33(29,30)20-10-11-22(24-12-14-31-15-13-24)21(16-20)23-32(27,28)19-8-6-18(7-9-19)17(3)26/h6-11,16,23H,4-5,12-15H2,1-3H3. The number of carbonyl (C=O) groups excluding carboxylic acids is 1. The lowest BCUT2D eigenvalue weighted by Crippen LogP contribution is -2.37. The second kappa shape index (κ2) is 10.2. The Kier molecular flexibility index (Phi) is 7.78. The van der Waals surface area contributed by atoms with Crippen LogP contribution in [0.1, 0.15) is 31.1 Å². The minimum atomic E-state index is -4.04. The van der Waals surface area contributed by atoms with Crippen molar-refractivity contribution in [2.45, 2.75) is 30.6 Å². The van der Waals surface area contributed by atoms with Crippen molar-refractivity contribution in [3.8, 4) is 0 Å². The summed E-state index contributed by atoms with van der Waals surface area (Å²) in [5, 5.41) is 0. The lowest BCUT2D eigenvalue weighted by Gasteiger charge is -2.31. The van der Waals surface area contributed by atoms with Crippen LogP contribution in [0.2, 0.25) is 0 Å². The normalized spacial score (nSPS) is 15.0. The van der Waals surface area contributed by atoms with Gasteiger partial charge in [0.2, 0.25) is 10.0 Å². The van der Waals surface area contributed by atoms with Gasteiger partial charge in [-0.2, -0.15) is 4.31 Å². The Labute approximate surface area is 195 Å². The van der Waals surface area contributed by atoms with Crippen LogP contribution in [-0.2, 0) is 24.8 Å². The molecular weight excluding hydrogens is 466 g/mol. The number of Topliss-reactive ketones (excluding diaryl/α,β-unsaturated/α-hetero) is 1. The molecule has 33 heavy (non-hydrogen) atoms. The Hall–Kier alpha value is -2.47. The summed E-state index contributed by atoms with van der Waals surface area (Å²) in [6.45, 7) is 7.55. The van der Waals surface area contributed by atoms with E-state index in [4.69, 9.17) is 4.74 Å². The molecule has 2 aromatic rings. The van der Waals surface area contributed by atoms with Crippen LogP contribution in [0.25, 0.3) is 0 Å². The van der Waals surface area contributed by atoms with E-state index in [1.54, 1.807) is 19.9 Å². The van der Waals surface area contributed by atoms with Crippen LogP contribution in [0.15, 0.2) is 52.3 Å². The van der Waals surface area contributed by atoms with Crippen LogP contribution in [0, 0.1) is 0 Å². The SMILES string of the molecule is CCN(CC)S(=O)(=O)c1ccc(N2CCOCC2)c(NS(=O)(=O)c2ccc(C(C)=O)cc2)c1. The highest BCUT2D eigenvalue weighted by Crippen LogP contribution is 2.32. The second-order valence-electron chi connectivity index (χ2n) is 7.55. The summed E-state index contributed by atoms with van der Waals surface area (Å²) in [5.74, 6) is -0.171. The highest BCUT2D eigenvalue weighted by atomic mass is 32.2. The molecule has 0 aromatic heterocycles. The molecule has 180 valence electrons. The predicted octanol–water partition coefficient (Wildman–Crippen LogP) is 2.56. The average Bonchev–Trinajstić information content (AvgIpc) is 2.80. The molecule has 0 bridgehead atoms. The zero-order chi connectivity index (χ0) is 24.2. The van der Waals surface area contributed by atoms with Crippen molar-refractivity contribution in [1.29, 1.82) is 0 Å². The summed E-state index contributed by atoms with van der Waals surface area (Å²) in [6, 6.07) is 10.1. The molecule has 0 spiro atoms. The molecule has 0 aliphatic carbocycles. The molecule has 1 saturated heterocycles. The first kappa shape index (κ1) is 25.2. The number of carbonyl (C=O) groups is 1. The minimum Gasteiger partial charge on any atom is -0.378 e. The van der Waals surface area contributed by atoms with Crippen LogP contribution < -0.4 is 9.62 Å². The van der Waals surface area contributed by atoms with Gasteiger partial charge < -0.3 is 9.64 Å². The molecule has 0 amide bonds. The van der Waals surface area contributed by atoms with Gasteiger partial charge in [-0.05, 0) is 37.3 Å². The zero-order valence-electron chi connectivity index (χ0n) is 18.9. The molecule has 11 heteroatoms. The maximum absolute atomic E-state index is 13.1. The first-order chi connectivity index (χ1) is 15.6. The van der Waals surface area contributed by atoms with Gasteiger partial charge in [0.05, 0.1) is 34.4 Å². The Bertz CT molecular complexity index is 1200. The van der Waals surface area contributed by atoms with Crippen molar-refractivity contribution in [3.05, 3.63) is 48.0 Å². The van der Waals surface area contributed by atoms with E-state index in [0.29, 0.717) is 50.6 Å². The summed E-state index contributed by atoms with van der Waals surface area (Å²) < 4.78 is 61.6. The Balaban J connectivity index is 2.05. The molecule has 0 unspecified atom stereocenters. The zero-order valence-corrected chi connectivity index (χ0v) is 20.6. The van der Waals surface area contributed by atoms with Gasteiger partial charge in [-0.3, -0.25) is 9.52 Å². The first-order valence-electron chi connectivity index (χ1n) is 10.7. The van der Waals surface area contributed by atoms with Gasteiger partial charge in [0.1, 0.15) is 0 Å². The van der Waals surface area contributed by atoms with E-state index >= 15 is 0 Å².